The minimum Gasteiger partial charge on any atom is -1.00 e. The van der Waals surface area contributed by atoms with Crippen molar-refractivity contribution in [1.82, 2.24) is 4.57 Å². The monoisotopic (exact) mass is 656 g/mol. The summed E-state index contributed by atoms with van der Waals surface area (Å²) < 4.78 is 154. The van der Waals surface area contributed by atoms with Gasteiger partial charge in [0, 0.05) is 5.56 Å². The maximum absolute atomic E-state index is 12.7. The number of aryl methyl sites for hydroxylation is 2. The Labute approximate surface area is 239 Å². The number of carbonyl (C=O) groups excluding carboxylic acids is 1. The highest BCUT2D eigenvalue weighted by molar-refractivity contribution is 6.33. The molecule has 4 rings (SSSR count). The second-order valence-corrected chi connectivity index (χ2v) is 8.08. The van der Waals surface area contributed by atoms with Crippen LogP contribution < -0.4 is 9.27 Å². The van der Waals surface area contributed by atoms with Crippen molar-refractivity contribution in [2.45, 2.75) is 18.5 Å². The van der Waals surface area contributed by atoms with Gasteiger partial charge in [0.15, 0.2) is 40.4 Å². The van der Waals surface area contributed by atoms with E-state index < -0.39 is 60.7 Å². The van der Waals surface area contributed by atoms with E-state index >= 15 is 0 Å². The average Bonchev–Trinajstić information content (AvgIpc) is 3.17. The van der Waals surface area contributed by atoms with Crippen LogP contribution in [0.4, 0.5) is 56.9 Å². The van der Waals surface area contributed by atoms with Crippen molar-refractivity contribution in [1.29, 1.82) is 0 Å². The highest BCUT2D eigenvalue weighted by Crippen LogP contribution is 2.33. The van der Waals surface area contributed by atoms with E-state index in [0.717, 1.165) is 21.3 Å². The van der Waals surface area contributed by atoms with E-state index in [1.54, 1.807) is 24.3 Å². The molecule has 4 nitrogen and oxygen atoms in total. The average molecular weight is 656 g/mol. The van der Waals surface area contributed by atoms with Crippen molar-refractivity contribution in [2.75, 3.05) is 0 Å². The lowest BCUT2D eigenvalue weighted by atomic mass is 10.1. The zero-order chi connectivity index (χ0) is 33.3. The van der Waals surface area contributed by atoms with Crippen LogP contribution in [-0.4, -0.2) is 29.7 Å². The van der Waals surface area contributed by atoms with E-state index in [-0.39, 0.29) is 10.3 Å². The topological polar surface area (TPSA) is 46.1 Å². The molecule has 0 radical (unpaired) electrons. The molecular weight excluding hydrogens is 637 g/mol. The highest BCUT2D eigenvalue weighted by Gasteiger charge is 2.45. The summed E-state index contributed by atoms with van der Waals surface area (Å²) in [5, 5.41) is 8.66. The van der Waals surface area contributed by atoms with Gasteiger partial charge in [0.25, 0.3) is 0 Å². The molecule has 0 spiro atoms. The summed E-state index contributed by atoms with van der Waals surface area (Å²) in [5.74, 6) is -5.27. The molecular formula is C25H19BF14N2O2. The third kappa shape index (κ3) is 11.5. The minimum atomic E-state index is -4.88. The highest BCUT2D eigenvalue weighted by atomic mass is 19.4. The molecule has 19 heteroatoms. The fourth-order valence-corrected chi connectivity index (χ4v) is 3.32. The molecule has 0 saturated heterocycles. The van der Waals surface area contributed by atoms with Crippen LogP contribution in [0.5, 0.6) is 0 Å². The van der Waals surface area contributed by atoms with Gasteiger partial charge in [-0.3, -0.25) is 17.7 Å². The Morgan fingerprint density at radius 3 is 1.70 bits per heavy atom. The Morgan fingerprint density at radius 1 is 0.818 bits per heavy atom. The molecule has 1 atom stereocenters. The van der Waals surface area contributed by atoms with Crippen LogP contribution in [0.25, 0.3) is 11.0 Å². The lowest BCUT2D eigenvalue weighted by Crippen LogP contribution is -3.00. The molecule has 1 heterocycles. The van der Waals surface area contributed by atoms with Crippen LogP contribution in [0.3, 0.4) is 0 Å². The number of imidazole rings is 1. The fraction of sp³-hybridized carbons (Fsp3) is 0.200. The summed E-state index contributed by atoms with van der Waals surface area (Å²) in [6.07, 6.45) is -11.5. The number of rotatable bonds is 2. The molecule has 0 bridgehead atoms. The second kappa shape index (κ2) is 16.6. The van der Waals surface area contributed by atoms with Crippen molar-refractivity contribution in [3.63, 3.8) is 0 Å². The Morgan fingerprint density at radius 2 is 1.30 bits per heavy atom. The molecule has 3 aromatic carbocycles. The first-order valence-corrected chi connectivity index (χ1v) is 11.2. The number of aliphatic hydroxyl groups excluding tert-OH is 1. The number of halogens is 14. The Bertz CT molecular complexity index is 1470. The first kappa shape index (κ1) is 39.8. The number of benzene rings is 3. The first-order valence-electron chi connectivity index (χ1n) is 11.2. The van der Waals surface area contributed by atoms with E-state index in [4.69, 9.17) is 5.11 Å². The van der Waals surface area contributed by atoms with Crippen molar-refractivity contribution < 1.29 is 76.0 Å². The van der Waals surface area contributed by atoms with Crippen LogP contribution >= 0.6 is 0 Å². The third-order valence-corrected chi connectivity index (χ3v) is 5.14. The molecule has 0 saturated carbocycles. The fourth-order valence-electron chi connectivity index (χ4n) is 3.32. The molecule has 0 aliphatic carbocycles. The zero-order valence-corrected chi connectivity index (χ0v) is 22.0. The Balaban J connectivity index is 0.000000597. The molecule has 1 unspecified atom stereocenters. The van der Waals surface area contributed by atoms with Crippen LogP contribution in [0.15, 0.2) is 60.7 Å². The van der Waals surface area contributed by atoms with Gasteiger partial charge < -0.3 is 9.81 Å². The predicted octanol–water partition coefficient (Wildman–Crippen LogP) is 4.24. The summed E-state index contributed by atoms with van der Waals surface area (Å²) in [6, 6.07) is 11.3. The number of nitrogens with zero attached hydrogens (tertiary/aromatic N) is 2. The first-order chi connectivity index (χ1) is 19.7. The van der Waals surface area contributed by atoms with Crippen molar-refractivity contribution >= 4 is 24.9 Å². The van der Waals surface area contributed by atoms with Gasteiger partial charge in [0.05, 0.1) is 14.1 Å². The number of carbonyl (C=O) groups is 1. The quantitative estimate of drug-likeness (QED) is 0.152. The number of para-hydroxylation sites is 2. The number of hydrogen-bond acceptors (Lipinski definition) is 2. The summed E-state index contributed by atoms with van der Waals surface area (Å²) in [5.41, 5.74) is 0.565. The number of aldehydes is 1. The molecule has 0 aliphatic heterocycles. The van der Waals surface area contributed by atoms with Gasteiger partial charge in [-0.15, -0.1) is 0 Å². The summed E-state index contributed by atoms with van der Waals surface area (Å²) in [6.45, 7) is 0. The smallest absolute Gasteiger partial charge is 0.762 e. The van der Waals surface area contributed by atoms with E-state index in [2.05, 4.69) is 0 Å². The minimum absolute atomic E-state index is 0. The van der Waals surface area contributed by atoms with E-state index in [1.807, 2.05) is 0 Å². The van der Waals surface area contributed by atoms with E-state index in [1.165, 1.54) is 20.2 Å². The number of hydrogen-bond donors (Lipinski definition) is 1. The molecule has 0 aliphatic rings. The van der Waals surface area contributed by atoms with Crippen molar-refractivity contribution in [3.05, 3.63) is 101 Å². The SMILES string of the molecule is Cn1c(C(F)(F)F)[n+](C)c2ccccc21.FB(F)F.O=Cc1ccc(F)c(F)c1.OC(c1ccc(F)c(F)c1)C(F)(F)F.[F-]. The summed E-state index contributed by atoms with van der Waals surface area (Å²) in [4.78, 5) is 9.98. The Kier molecular flexibility index (Phi) is 15.1. The number of aliphatic hydroxyl groups is 1. The van der Waals surface area contributed by atoms with Crippen LogP contribution in [0, 0.1) is 23.3 Å². The van der Waals surface area contributed by atoms with Gasteiger partial charge in [-0.25, -0.2) is 26.7 Å². The van der Waals surface area contributed by atoms with Crippen LogP contribution in [0.1, 0.15) is 27.8 Å². The van der Waals surface area contributed by atoms with Gasteiger partial charge >= 0.3 is 25.7 Å². The molecule has 44 heavy (non-hydrogen) atoms. The number of fused-ring (bicyclic) bond motifs is 1. The molecule has 0 fully saturated rings. The molecule has 1 aromatic heterocycles. The standard InChI is InChI=1S/C10H10F3N2.C8H5F5O.C7H4F2O.BF3.FH/c1-14-7-5-3-4-6-8(7)15(2)9(14)10(11,12)13;9-5-2-1-4(3-6(5)10)7(14)8(11,12)13;8-6-2-1-5(4-10)3-7(6)9;2-1(3)4;/h3-6H,1-2H3;1-3,7,14H;1-4H;;1H/q+1;;;;/p-1. The normalized spacial score (nSPS) is 11.5. The van der Waals surface area contributed by atoms with Gasteiger partial charge in [0.2, 0.25) is 0 Å². The summed E-state index contributed by atoms with van der Waals surface area (Å²) >= 11 is 0. The van der Waals surface area contributed by atoms with Crippen LogP contribution in [0.2, 0.25) is 0 Å². The maximum Gasteiger partial charge on any atom is 0.762 e. The summed E-state index contributed by atoms with van der Waals surface area (Å²) in [7, 11) is -0.823. The Hall–Kier alpha value is -4.16. The van der Waals surface area contributed by atoms with Gasteiger partial charge in [0.1, 0.15) is 6.29 Å². The van der Waals surface area contributed by atoms with E-state index in [0.29, 0.717) is 35.5 Å². The van der Waals surface area contributed by atoms with Crippen molar-refractivity contribution in [3.8, 4) is 0 Å². The molecule has 0 amide bonds. The largest absolute Gasteiger partial charge is 1.00 e. The zero-order valence-electron chi connectivity index (χ0n) is 22.0. The van der Waals surface area contributed by atoms with E-state index in [9.17, 15) is 61.6 Å². The molecule has 1 N–H and O–H groups in total. The van der Waals surface area contributed by atoms with Crippen molar-refractivity contribution in [2.24, 2.45) is 14.1 Å². The van der Waals surface area contributed by atoms with Gasteiger partial charge in [-0.05, 0) is 48.0 Å². The molecule has 242 valence electrons. The predicted molar refractivity (Wildman–Crippen MR) is 127 cm³/mol. The third-order valence-electron chi connectivity index (χ3n) is 5.14. The lowest BCUT2D eigenvalue weighted by Gasteiger charge is -2.14. The van der Waals surface area contributed by atoms with Gasteiger partial charge in [-0.1, -0.05) is 18.2 Å². The number of alkyl halides is 6. The van der Waals surface area contributed by atoms with Gasteiger partial charge in [-0.2, -0.15) is 26.3 Å². The second-order valence-electron chi connectivity index (χ2n) is 8.08. The van der Waals surface area contributed by atoms with Crippen LogP contribution in [-0.2, 0) is 20.3 Å². The number of aromatic nitrogens is 2. The molecule has 4 aromatic rings. The maximum atomic E-state index is 12.7. The lowest BCUT2D eigenvalue weighted by molar-refractivity contribution is -0.667.